The van der Waals surface area contributed by atoms with E-state index in [9.17, 15) is 9.59 Å². The average Bonchev–Trinajstić information content (AvgIpc) is 2.45. The number of hydrogen-bond acceptors (Lipinski definition) is 5. The van der Waals surface area contributed by atoms with Gasteiger partial charge in [-0.3, -0.25) is 4.79 Å². The maximum atomic E-state index is 11.7. The first-order valence-electron chi connectivity index (χ1n) is 7.37. The molecule has 0 unspecified atom stereocenters. The van der Waals surface area contributed by atoms with Crippen molar-refractivity contribution < 1.29 is 18.7 Å². The highest BCUT2D eigenvalue weighted by atomic mass is 79.9. The summed E-state index contributed by atoms with van der Waals surface area (Å²) in [6, 6.07) is 4.80. The van der Waals surface area contributed by atoms with Gasteiger partial charge >= 0.3 is 11.6 Å². The van der Waals surface area contributed by atoms with Crippen LogP contribution in [0.15, 0.2) is 31.9 Å². The summed E-state index contributed by atoms with van der Waals surface area (Å²) in [4.78, 5) is 23.4. The third-order valence-electron chi connectivity index (χ3n) is 3.09. The van der Waals surface area contributed by atoms with Crippen LogP contribution in [0.3, 0.4) is 0 Å². The molecule has 0 aliphatic heterocycles. The summed E-state index contributed by atoms with van der Waals surface area (Å²) in [5, 5.41) is 0.698. The zero-order chi connectivity index (χ0) is 17.1. The summed E-state index contributed by atoms with van der Waals surface area (Å²) < 4.78 is 16.9. The fourth-order valence-electron chi connectivity index (χ4n) is 2.01. The summed E-state index contributed by atoms with van der Waals surface area (Å²) >= 11 is 3.45. The Hall–Kier alpha value is -1.82. The molecule has 0 aliphatic rings. The van der Waals surface area contributed by atoms with Gasteiger partial charge in [-0.15, -0.1) is 0 Å². The number of carbonyl (C=O) groups excluding carboxylic acids is 1. The van der Waals surface area contributed by atoms with Crippen molar-refractivity contribution in [1.82, 2.24) is 0 Å². The number of benzene rings is 1. The Balaban J connectivity index is 2.43. The second-order valence-corrected chi connectivity index (χ2v) is 6.65. The second-order valence-electron chi connectivity index (χ2n) is 5.80. The minimum Gasteiger partial charge on any atom is -0.490 e. The van der Waals surface area contributed by atoms with E-state index in [1.165, 1.54) is 6.07 Å². The van der Waals surface area contributed by atoms with Crippen molar-refractivity contribution in [2.24, 2.45) is 5.92 Å². The van der Waals surface area contributed by atoms with Gasteiger partial charge < -0.3 is 13.9 Å². The molecule has 6 heteroatoms. The van der Waals surface area contributed by atoms with Gasteiger partial charge in [0.15, 0.2) is 0 Å². The van der Waals surface area contributed by atoms with Gasteiger partial charge in [0, 0.05) is 23.1 Å². The normalized spacial score (nSPS) is 11.3. The lowest BCUT2D eigenvalue weighted by Crippen LogP contribution is -2.12. The Morgan fingerprint density at radius 1 is 1.22 bits per heavy atom. The van der Waals surface area contributed by atoms with Gasteiger partial charge in [0.25, 0.3) is 0 Å². The van der Waals surface area contributed by atoms with E-state index < -0.39 is 5.63 Å². The highest BCUT2D eigenvalue weighted by molar-refractivity contribution is 9.10. The molecule has 0 amide bonds. The predicted molar refractivity (Wildman–Crippen MR) is 90.6 cm³/mol. The lowest BCUT2D eigenvalue weighted by atomic mass is 10.1. The Kier molecular flexibility index (Phi) is 5.46. The van der Waals surface area contributed by atoms with Gasteiger partial charge in [0.05, 0.1) is 16.5 Å². The second kappa shape index (κ2) is 7.17. The Morgan fingerprint density at radius 2 is 1.91 bits per heavy atom. The number of halogens is 1. The first-order valence-corrected chi connectivity index (χ1v) is 8.16. The monoisotopic (exact) mass is 382 g/mol. The molecule has 2 aromatic rings. The van der Waals surface area contributed by atoms with E-state index in [-0.39, 0.29) is 24.6 Å². The van der Waals surface area contributed by atoms with Gasteiger partial charge in [-0.1, -0.05) is 13.8 Å². The SMILES string of the molecule is CC(C)Oc1cc2oc(=O)cc(COC(=O)C(C)C)c2cc1Br. The lowest BCUT2D eigenvalue weighted by Gasteiger charge is -2.13. The molecule has 23 heavy (non-hydrogen) atoms. The predicted octanol–water partition coefficient (Wildman–Crippen LogP) is 4.04. The molecule has 0 spiro atoms. The number of hydrogen-bond donors (Lipinski definition) is 0. The summed E-state index contributed by atoms with van der Waals surface area (Å²) in [6.07, 6.45) is -0.00866. The highest BCUT2D eigenvalue weighted by Crippen LogP contribution is 2.32. The van der Waals surface area contributed by atoms with E-state index in [4.69, 9.17) is 13.9 Å². The minimum atomic E-state index is -0.495. The lowest BCUT2D eigenvalue weighted by molar-refractivity contribution is -0.148. The van der Waals surface area contributed by atoms with Crippen molar-refractivity contribution in [1.29, 1.82) is 0 Å². The summed E-state index contributed by atoms with van der Waals surface area (Å²) in [5.74, 6) is 0.0522. The first kappa shape index (κ1) is 17.5. The van der Waals surface area contributed by atoms with Crippen LogP contribution in [0.2, 0.25) is 0 Å². The fraction of sp³-hybridized carbons (Fsp3) is 0.412. The Bertz CT molecular complexity index is 776. The van der Waals surface area contributed by atoms with Crippen LogP contribution in [0.5, 0.6) is 5.75 Å². The molecule has 1 aromatic heterocycles. The fourth-order valence-corrected chi connectivity index (χ4v) is 2.44. The van der Waals surface area contributed by atoms with Gasteiger partial charge in [-0.25, -0.2) is 4.79 Å². The maximum absolute atomic E-state index is 11.7. The number of fused-ring (bicyclic) bond motifs is 1. The number of esters is 1. The summed E-state index contributed by atoms with van der Waals surface area (Å²) in [7, 11) is 0. The smallest absolute Gasteiger partial charge is 0.336 e. The molecule has 0 saturated heterocycles. The topological polar surface area (TPSA) is 65.7 Å². The third-order valence-corrected chi connectivity index (χ3v) is 3.71. The molecular weight excluding hydrogens is 364 g/mol. The van der Waals surface area contributed by atoms with Crippen LogP contribution >= 0.6 is 15.9 Å². The zero-order valence-corrected chi connectivity index (χ0v) is 15.1. The summed E-state index contributed by atoms with van der Waals surface area (Å²) in [6.45, 7) is 7.36. The number of rotatable bonds is 5. The standard InChI is InChI=1S/C17H19BrO5/c1-9(2)17(20)21-8-11-5-16(19)23-14-7-15(22-10(3)4)13(18)6-12(11)14/h5-7,9-10H,8H2,1-4H3. The largest absolute Gasteiger partial charge is 0.490 e. The van der Waals surface area contributed by atoms with Crippen molar-refractivity contribution in [3.8, 4) is 5.75 Å². The molecule has 2 rings (SSSR count). The van der Waals surface area contributed by atoms with E-state index in [0.29, 0.717) is 22.3 Å². The van der Waals surface area contributed by atoms with E-state index in [2.05, 4.69) is 15.9 Å². The van der Waals surface area contributed by atoms with Crippen molar-refractivity contribution in [2.75, 3.05) is 0 Å². The van der Waals surface area contributed by atoms with Crippen LogP contribution in [-0.4, -0.2) is 12.1 Å². The van der Waals surface area contributed by atoms with Gasteiger partial charge in [-0.05, 0) is 35.8 Å². The molecule has 0 saturated carbocycles. The van der Waals surface area contributed by atoms with E-state index in [0.717, 1.165) is 4.47 Å². The molecule has 1 aromatic carbocycles. The van der Waals surface area contributed by atoms with E-state index in [1.54, 1.807) is 26.0 Å². The maximum Gasteiger partial charge on any atom is 0.336 e. The van der Waals surface area contributed by atoms with Crippen molar-refractivity contribution in [3.63, 3.8) is 0 Å². The van der Waals surface area contributed by atoms with Crippen LogP contribution in [-0.2, 0) is 16.1 Å². The third kappa shape index (κ3) is 4.34. The first-order chi connectivity index (χ1) is 10.8. The van der Waals surface area contributed by atoms with Gasteiger partial charge in [0.2, 0.25) is 0 Å². The quantitative estimate of drug-likeness (QED) is 0.576. The molecule has 124 valence electrons. The molecule has 0 N–H and O–H groups in total. The minimum absolute atomic E-state index is 0.00866. The molecular formula is C17H19BrO5. The molecule has 0 radical (unpaired) electrons. The molecule has 0 atom stereocenters. The van der Waals surface area contributed by atoms with Crippen molar-refractivity contribution in [3.05, 3.63) is 38.7 Å². The van der Waals surface area contributed by atoms with Crippen LogP contribution in [0, 0.1) is 5.92 Å². The van der Waals surface area contributed by atoms with E-state index in [1.807, 2.05) is 13.8 Å². The van der Waals surface area contributed by atoms with Gasteiger partial charge in [0.1, 0.15) is 17.9 Å². The number of carbonyl (C=O) groups is 1. The Morgan fingerprint density at radius 3 is 2.52 bits per heavy atom. The van der Waals surface area contributed by atoms with E-state index >= 15 is 0 Å². The highest BCUT2D eigenvalue weighted by Gasteiger charge is 2.14. The van der Waals surface area contributed by atoms with Crippen molar-refractivity contribution >= 4 is 32.9 Å². The average molecular weight is 383 g/mol. The van der Waals surface area contributed by atoms with Crippen LogP contribution in [0.1, 0.15) is 33.3 Å². The molecule has 0 fully saturated rings. The van der Waals surface area contributed by atoms with Crippen molar-refractivity contribution in [2.45, 2.75) is 40.4 Å². The number of ether oxygens (including phenoxy) is 2. The van der Waals surface area contributed by atoms with Gasteiger partial charge in [-0.2, -0.15) is 0 Å². The van der Waals surface area contributed by atoms with Crippen LogP contribution < -0.4 is 10.4 Å². The zero-order valence-electron chi connectivity index (χ0n) is 13.5. The molecule has 0 bridgehead atoms. The summed E-state index contributed by atoms with van der Waals surface area (Å²) in [5.41, 5.74) is 0.500. The van der Waals surface area contributed by atoms with Crippen LogP contribution in [0.25, 0.3) is 11.0 Å². The van der Waals surface area contributed by atoms with Crippen LogP contribution in [0.4, 0.5) is 0 Å². The molecule has 0 aliphatic carbocycles. The molecule has 5 nitrogen and oxygen atoms in total. The Labute approximate surface area is 142 Å². The molecule has 1 heterocycles.